The second-order valence-electron chi connectivity index (χ2n) is 4.29. The number of aromatic nitrogens is 1. The molecule has 0 amide bonds. The molecule has 2 heterocycles. The standard InChI is InChI=1S/C13H15N3O/c1-2-16-6-5-10-7-9(3-4-12(10)16)11-8-13(14)17-15-11/h3-4,7-8H,2,5-6,14H2,1H3. The van der Waals surface area contributed by atoms with Gasteiger partial charge in [0, 0.05) is 30.4 Å². The van der Waals surface area contributed by atoms with Gasteiger partial charge in [-0.15, -0.1) is 0 Å². The van der Waals surface area contributed by atoms with Crippen molar-refractivity contribution in [3.63, 3.8) is 0 Å². The predicted octanol–water partition coefficient (Wildman–Crippen LogP) is 2.31. The predicted molar refractivity (Wildman–Crippen MR) is 67.9 cm³/mol. The Kier molecular flexibility index (Phi) is 2.28. The number of benzene rings is 1. The third kappa shape index (κ3) is 1.65. The smallest absolute Gasteiger partial charge is 0.222 e. The van der Waals surface area contributed by atoms with E-state index in [0.717, 1.165) is 30.8 Å². The Bertz CT molecular complexity index is 547. The number of nitrogens with two attached hydrogens (primary N) is 1. The van der Waals surface area contributed by atoms with Crippen molar-refractivity contribution in [3.05, 3.63) is 29.8 Å². The summed E-state index contributed by atoms with van der Waals surface area (Å²) < 4.78 is 4.90. The summed E-state index contributed by atoms with van der Waals surface area (Å²) in [6.07, 6.45) is 1.10. The summed E-state index contributed by atoms with van der Waals surface area (Å²) in [5.74, 6) is 0.357. The highest BCUT2D eigenvalue weighted by molar-refractivity contribution is 5.69. The number of nitrogens with zero attached hydrogens (tertiary/aromatic N) is 2. The van der Waals surface area contributed by atoms with Crippen LogP contribution in [0.3, 0.4) is 0 Å². The first-order valence-corrected chi connectivity index (χ1v) is 5.88. The molecule has 4 nitrogen and oxygen atoms in total. The molecule has 0 fully saturated rings. The maximum atomic E-state index is 5.53. The van der Waals surface area contributed by atoms with Crippen molar-refractivity contribution in [2.24, 2.45) is 0 Å². The SMILES string of the molecule is CCN1CCc2cc(-c3cc(N)on3)ccc21. The van der Waals surface area contributed by atoms with Crippen molar-refractivity contribution in [2.75, 3.05) is 23.7 Å². The normalized spacial score (nSPS) is 14.1. The van der Waals surface area contributed by atoms with Gasteiger partial charge in [0.1, 0.15) is 5.69 Å². The Morgan fingerprint density at radius 2 is 2.29 bits per heavy atom. The van der Waals surface area contributed by atoms with Crippen LogP contribution in [0.15, 0.2) is 28.8 Å². The van der Waals surface area contributed by atoms with Gasteiger partial charge in [0.05, 0.1) is 0 Å². The zero-order valence-corrected chi connectivity index (χ0v) is 9.81. The topological polar surface area (TPSA) is 55.3 Å². The summed E-state index contributed by atoms with van der Waals surface area (Å²) in [5, 5.41) is 3.94. The van der Waals surface area contributed by atoms with E-state index in [1.54, 1.807) is 6.07 Å². The van der Waals surface area contributed by atoms with Crippen LogP contribution < -0.4 is 10.6 Å². The molecule has 1 aromatic carbocycles. The number of nitrogen functional groups attached to an aromatic ring is 1. The Morgan fingerprint density at radius 3 is 3.00 bits per heavy atom. The van der Waals surface area contributed by atoms with Crippen LogP contribution >= 0.6 is 0 Å². The van der Waals surface area contributed by atoms with E-state index < -0.39 is 0 Å². The van der Waals surface area contributed by atoms with Crippen molar-refractivity contribution in [1.29, 1.82) is 0 Å². The Morgan fingerprint density at radius 1 is 1.41 bits per heavy atom. The van der Waals surface area contributed by atoms with Gasteiger partial charge in [-0.2, -0.15) is 0 Å². The average Bonchev–Trinajstić information content (AvgIpc) is 2.94. The highest BCUT2D eigenvalue weighted by Gasteiger charge is 2.18. The third-order valence-electron chi connectivity index (χ3n) is 3.28. The molecule has 3 rings (SSSR count). The maximum Gasteiger partial charge on any atom is 0.222 e. The molecule has 0 saturated carbocycles. The molecular weight excluding hydrogens is 214 g/mol. The van der Waals surface area contributed by atoms with Gasteiger partial charge in [-0.05, 0) is 31.0 Å². The minimum atomic E-state index is 0.357. The minimum Gasteiger partial charge on any atom is -0.371 e. The molecule has 0 bridgehead atoms. The van der Waals surface area contributed by atoms with Crippen molar-refractivity contribution >= 4 is 11.6 Å². The monoisotopic (exact) mass is 229 g/mol. The molecule has 1 aromatic heterocycles. The average molecular weight is 229 g/mol. The van der Waals surface area contributed by atoms with Crippen LogP contribution in [0.5, 0.6) is 0 Å². The van der Waals surface area contributed by atoms with Crippen molar-refractivity contribution < 1.29 is 4.52 Å². The summed E-state index contributed by atoms with van der Waals surface area (Å²) >= 11 is 0. The first-order chi connectivity index (χ1) is 8.28. The molecule has 2 N–H and O–H groups in total. The van der Waals surface area contributed by atoms with E-state index >= 15 is 0 Å². The first kappa shape index (κ1) is 10.2. The van der Waals surface area contributed by atoms with E-state index in [4.69, 9.17) is 10.3 Å². The van der Waals surface area contributed by atoms with Crippen molar-refractivity contribution in [1.82, 2.24) is 5.16 Å². The number of likely N-dealkylation sites (N-methyl/N-ethyl adjacent to an activating group) is 1. The molecule has 1 aliphatic rings. The molecule has 0 aliphatic carbocycles. The summed E-state index contributed by atoms with van der Waals surface area (Å²) in [4.78, 5) is 2.39. The molecule has 4 heteroatoms. The van der Waals surface area contributed by atoms with E-state index in [0.29, 0.717) is 5.88 Å². The molecule has 1 aliphatic heterocycles. The van der Waals surface area contributed by atoms with Gasteiger partial charge < -0.3 is 15.2 Å². The number of hydrogen-bond donors (Lipinski definition) is 1. The Balaban J connectivity index is 2.00. The lowest BCUT2D eigenvalue weighted by Gasteiger charge is -2.16. The van der Waals surface area contributed by atoms with Crippen molar-refractivity contribution in [3.8, 4) is 11.3 Å². The highest BCUT2D eigenvalue weighted by Crippen LogP contribution is 2.32. The molecular formula is C13H15N3O. The number of rotatable bonds is 2. The van der Waals surface area contributed by atoms with Crippen LogP contribution in [0.25, 0.3) is 11.3 Å². The van der Waals surface area contributed by atoms with Gasteiger partial charge in [-0.1, -0.05) is 11.2 Å². The van der Waals surface area contributed by atoms with Gasteiger partial charge in [-0.25, -0.2) is 0 Å². The van der Waals surface area contributed by atoms with Gasteiger partial charge >= 0.3 is 0 Å². The molecule has 17 heavy (non-hydrogen) atoms. The minimum absolute atomic E-state index is 0.357. The molecule has 0 atom stereocenters. The summed E-state index contributed by atoms with van der Waals surface area (Å²) in [5.41, 5.74) is 10.1. The van der Waals surface area contributed by atoms with E-state index in [2.05, 4.69) is 35.2 Å². The van der Waals surface area contributed by atoms with Crippen molar-refractivity contribution in [2.45, 2.75) is 13.3 Å². The second kappa shape index (κ2) is 3.80. The molecule has 2 aromatic rings. The molecule has 0 saturated heterocycles. The van der Waals surface area contributed by atoms with Crippen LogP contribution in [0.1, 0.15) is 12.5 Å². The fourth-order valence-electron chi connectivity index (χ4n) is 2.38. The lowest BCUT2D eigenvalue weighted by molar-refractivity contribution is 0.439. The Hall–Kier alpha value is -1.97. The quantitative estimate of drug-likeness (QED) is 0.858. The Labute approximate surface area is 100 Å². The first-order valence-electron chi connectivity index (χ1n) is 5.88. The summed E-state index contributed by atoms with van der Waals surface area (Å²) in [7, 11) is 0. The molecule has 0 unspecified atom stereocenters. The van der Waals surface area contributed by atoms with Gasteiger partial charge in [0.25, 0.3) is 0 Å². The zero-order chi connectivity index (χ0) is 11.8. The molecule has 0 radical (unpaired) electrons. The second-order valence-corrected chi connectivity index (χ2v) is 4.29. The zero-order valence-electron chi connectivity index (χ0n) is 9.81. The lowest BCUT2D eigenvalue weighted by atomic mass is 10.1. The van der Waals surface area contributed by atoms with Crippen LogP contribution in [-0.4, -0.2) is 18.2 Å². The summed E-state index contributed by atoms with van der Waals surface area (Å²) in [6.45, 7) is 4.35. The van der Waals surface area contributed by atoms with Crippen LogP contribution in [0, 0.1) is 0 Å². The van der Waals surface area contributed by atoms with Crippen LogP contribution in [0.4, 0.5) is 11.6 Å². The number of hydrogen-bond acceptors (Lipinski definition) is 4. The summed E-state index contributed by atoms with van der Waals surface area (Å²) in [6, 6.07) is 8.17. The number of fused-ring (bicyclic) bond motifs is 1. The maximum absolute atomic E-state index is 5.53. The van der Waals surface area contributed by atoms with Crippen LogP contribution in [-0.2, 0) is 6.42 Å². The third-order valence-corrected chi connectivity index (χ3v) is 3.28. The largest absolute Gasteiger partial charge is 0.371 e. The van der Waals surface area contributed by atoms with E-state index in [1.165, 1.54) is 11.3 Å². The van der Waals surface area contributed by atoms with Gasteiger partial charge in [-0.3, -0.25) is 0 Å². The number of anilines is 2. The molecule has 88 valence electrons. The molecule has 0 spiro atoms. The van der Waals surface area contributed by atoms with E-state index in [1.807, 2.05) is 0 Å². The fraction of sp³-hybridized carbons (Fsp3) is 0.308. The van der Waals surface area contributed by atoms with E-state index in [9.17, 15) is 0 Å². The van der Waals surface area contributed by atoms with Gasteiger partial charge in [0.15, 0.2) is 0 Å². The fourth-order valence-corrected chi connectivity index (χ4v) is 2.38. The van der Waals surface area contributed by atoms with Gasteiger partial charge in [0.2, 0.25) is 5.88 Å². The van der Waals surface area contributed by atoms with E-state index in [-0.39, 0.29) is 0 Å². The lowest BCUT2D eigenvalue weighted by Crippen LogP contribution is -2.18. The van der Waals surface area contributed by atoms with Crippen LogP contribution in [0.2, 0.25) is 0 Å². The highest BCUT2D eigenvalue weighted by atomic mass is 16.5.